The molecule has 0 bridgehead atoms. The molecule has 1 unspecified atom stereocenters. The smallest absolute Gasteiger partial charge is 0.234 e. The fraction of sp³-hybridized carbons (Fsp3) is 0.929. The van der Waals surface area contributed by atoms with E-state index in [4.69, 9.17) is 0 Å². The van der Waals surface area contributed by atoms with Crippen LogP contribution in [-0.2, 0) is 4.79 Å². The highest BCUT2D eigenvalue weighted by molar-refractivity contribution is 5.78. The van der Waals surface area contributed by atoms with Crippen LogP contribution in [0.4, 0.5) is 0 Å². The van der Waals surface area contributed by atoms with E-state index >= 15 is 0 Å². The molecule has 0 spiro atoms. The summed E-state index contributed by atoms with van der Waals surface area (Å²) in [6.07, 6.45) is 7.46. The molecule has 2 fully saturated rings. The van der Waals surface area contributed by atoms with Crippen LogP contribution in [0.25, 0.3) is 0 Å². The Morgan fingerprint density at radius 3 is 2.67 bits per heavy atom. The largest absolute Gasteiger partial charge is 0.352 e. The number of nitrogens with zero attached hydrogens (tertiary/aromatic N) is 1. The summed E-state index contributed by atoms with van der Waals surface area (Å²) in [5.74, 6) is 0.894. The van der Waals surface area contributed by atoms with E-state index in [-0.39, 0.29) is 5.91 Å². The van der Waals surface area contributed by atoms with Crippen molar-refractivity contribution in [3.8, 4) is 0 Å². The SMILES string of the molecule is CN1CCC(CNCC(=O)NC2CCCCC2)C1. The predicted octanol–water partition coefficient (Wildman–Crippen LogP) is 0.977. The zero-order valence-electron chi connectivity index (χ0n) is 11.6. The maximum Gasteiger partial charge on any atom is 0.234 e. The number of amides is 1. The van der Waals surface area contributed by atoms with Gasteiger partial charge in [0.25, 0.3) is 0 Å². The highest BCUT2D eigenvalue weighted by Gasteiger charge is 2.19. The molecule has 2 aliphatic rings. The first-order valence-corrected chi connectivity index (χ1v) is 7.42. The van der Waals surface area contributed by atoms with E-state index in [0.717, 1.165) is 19.0 Å². The van der Waals surface area contributed by atoms with E-state index in [2.05, 4.69) is 22.6 Å². The average molecular weight is 253 g/mol. The highest BCUT2D eigenvalue weighted by atomic mass is 16.1. The van der Waals surface area contributed by atoms with Crippen LogP contribution in [0.3, 0.4) is 0 Å². The lowest BCUT2D eigenvalue weighted by atomic mass is 9.95. The minimum absolute atomic E-state index is 0.174. The van der Waals surface area contributed by atoms with E-state index in [0.29, 0.717) is 12.6 Å². The number of carbonyl (C=O) groups is 1. The van der Waals surface area contributed by atoms with Crippen molar-refractivity contribution in [1.82, 2.24) is 15.5 Å². The standard InChI is InChI=1S/C14H27N3O/c1-17-8-7-12(11-17)9-15-10-14(18)16-13-5-3-2-4-6-13/h12-13,15H,2-11H2,1H3,(H,16,18). The number of hydrogen-bond donors (Lipinski definition) is 2. The minimum atomic E-state index is 0.174. The van der Waals surface area contributed by atoms with Crippen molar-refractivity contribution < 1.29 is 4.79 Å². The highest BCUT2D eigenvalue weighted by Crippen LogP contribution is 2.17. The maximum absolute atomic E-state index is 11.8. The zero-order valence-corrected chi connectivity index (χ0v) is 11.6. The Morgan fingerprint density at radius 1 is 1.22 bits per heavy atom. The topological polar surface area (TPSA) is 44.4 Å². The van der Waals surface area contributed by atoms with Gasteiger partial charge in [-0.15, -0.1) is 0 Å². The summed E-state index contributed by atoms with van der Waals surface area (Å²) >= 11 is 0. The van der Waals surface area contributed by atoms with E-state index in [1.165, 1.54) is 45.1 Å². The first-order chi connectivity index (χ1) is 8.74. The first kappa shape index (κ1) is 13.8. The fourth-order valence-corrected chi connectivity index (χ4v) is 3.11. The van der Waals surface area contributed by atoms with Gasteiger partial charge in [0, 0.05) is 12.6 Å². The van der Waals surface area contributed by atoms with Gasteiger partial charge in [0.15, 0.2) is 0 Å². The van der Waals surface area contributed by atoms with Crippen LogP contribution < -0.4 is 10.6 Å². The van der Waals surface area contributed by atoms with Gasteiger partial charge in [0.1, 0.15) is 0 Å². The van der Waals surface area contributed by atoms with Crippen molar-refractivity contribution in [2.24, 2.45) is 5.92 Å². The Balaban J connectivity index is 1.54. The molecule has 0 aromatic heterocycles. The Hall–Kier alpha value is -0.610. The normalized spacial score (nSPS) is 26.4. The van der Waals surface area contributed by atoms with Gasteiger partial charge in [-0.2, -0.15) is 0 Å². The summed E-state index contributed by atoms with van der Waals surface area (Å²) < 4.78 is 0. The van der Waals surface area contributed by atoms with E-state index in [1.54, 1.807) is 0 Å². The molecule has 4 nitrogen and oxygen atoms in total. The average Bonchev–Trinajstić information content (AvgIpc) is 2.76. The van der Waals surface area contributed by atoms with E-state index in [1.807, 2.05) is 0 Å². The molecule has 18 heavy (non-hydrogen) atoms. The summed E-state index contributed by atoms with van der Waals surface area (Å²) in [4.78, 5) is 14.1. The van der Waals surface area contributed by atoms with Crippen LogP contribution in [-0.4, -0.2) is 50.1 Å². The third-order valence-corrected chi connectivity index (χ3v) is 4.18. The van der Waals surface area contributed by atoms with Gasteiger partial charge in [-0.1, -0.05) is 19.3 Å². The van der Waals surface area contributed by atoms with E-state index < -0.39 is 0 Å². The van der Waals surface area contributed by atoms with Gasteiger partial charge in [-0.3, -0.25) is 4.79 Å². The molecule has 0 radical (unpaired) electrons. The quantitative estimate of drug-likeness (QED) is 0.767. The molecule has 1 amide bonds. The van der Waals surface area contributed by atoms with Crippen LogP contribution in [0.2, 0.25) is 0 Å². The summed E-state index contributed by atoms with van der Waals surface area (Å²) in [6.45, 7) is 3.82. The van der Waals surface area contributed by atoms with Crippen molar-refractivity contribution in [1.29, 1.82) is 0 Å². The Morgan fingerprint density at radius 2 is 2.00 bits per heavy atom. The molecule has 1 aliphatic carbocycles. The lowest BCUT2D eigenvalue weighted by molar-refractivity contribution is -0.121. The lowest BCUT2D eigenvalue weighted by Gasteiger charge is -2.23. The molecular weight excluding hydrogens is 226 g/mol. The molecule has 4 heteroatoms. The zero-order chi connectivity index (χ0) is 12.8. The van der Waals surface area contributed by atoms with Gasteiger partial charge in [0.05, 0.1) is 6.54 Å². The van der Waals surface area contributed by atoms with Gasteiger partial charge in [-0.25, -0.2) is 0 Å². The van der Waals surface area contributed by atoms with Crippen LogP contribution >= 0.6 is 0 Å². The summed E-state index contributed by atoms with van der Waals surface area (Å²) in [6, 6.07) is 0.436. The second-order valence-electron chi connectivity index (χ2n) is 5.95. The number of carbonyl (C=O) groups excluding carboxylic acids is 1. The second-order valence-corrected chi connectivity index (χ2v) is 5.95. The third-order valence-electron chi connectivity index (χ3n) is 4.18. The molecule has 1 heterocycles. The first-order valence-electron chi connectivity index (χ1n) is 7.42. The van der Waals surface area contributed by atoms with Crippen LogP contribution in [0.15, 0.2) is 0 Å². The van der Waals surface area contributed by atoms with Crippen molar-refractivity contribution >= 4 is 5.91 Å². The second kappa shape index (κ2) is 7.10. The predicted molar refractivity (Wildman–Crippen MR) is 73.5 cm³/mol. The Labute approximate surface area is 110 Å². The molecule has 1 saturated carbocycles. The van der Waals surface area contributed by atoms with Gasteiger partial charge < -0.3 is 15.5 Å². The molecule has 2 N–H and O–H groups in total. The molecular formula is C14H27N3O. The fourth-order valence-electron chi connectivity index (χ4n) is 3.11. The summed E-state index contributed by atoms with van der Waals surface area (Å²) in [5, 5.41) is 6.44. The van der Waals surface area contributed by atoms with Gasteiger partial charge in [0.2, 0.25) is 5.91 Å². The van der Waals surface area contributed by atoms with Gasteiger partial charge in [-0.05, 0) is 45.3 Å². The molecule has 104 valence electrons. The van der Waals surface area contributed by atoms with E-state index in [9.17, 15) is 4.79 Å². The number of likely N-dealkylation sites (tertiary alicyclic amines) is 1. The molecule has 1 saturated heterocycles. The van der Waals surface area contributed by atoms with Crippen molar-refractivity contribution in [2.75, 3.05) is 33.2 Å². The monoisotopic (exact) mass is 253 g/mol. The number of nitrogens with one attached hydrogen (secondary N) is 2. The third kappa shape index (κ3) is 4.58. The van der Waals surface area contributed by atoms with Crippen molar-refractivity contribution in [2.45, 2.75) is 44.6 Å². The molecule has 2 rings (SSSR count). The van der Waals surface area contributed by atoms with Crippen LogP contribution in [0, 0.1) is 5.92 Å². The molecule has 1 aliphatic heterocycles. The van der Waals surface area contributed by atoms with Crippen LogP contribution in [0.5, 0.6) is 0 Å². The Kier molecular flexibility index (Phi) is 5.45. The minimum Gasteiger partial charge on any atom is -0.352 e. The number of hydrogen-bond acceptors (Lipinski definition) is 3. The summed E-state index contributed by atoms with van der Waals surface area (Å²) in [5.41, 5.74) is 0. The molecule has 0 aromatic carbocycles. The lowest BCUT2D eigenvalue weighted by Crippen LogP contribution is -2.42. The van der Waals surface area contributed by atoms with Crippen molar-refractivity contribution in [3.05, 3.63) is 0 Å². The van der Waals surface area contributed by atoms with Crippen LogP contribution in [0.1, 0.15) is 38.5 Å². The number of rotatable bonds is 5. The molecule has 1 atom stereocenters. The maximum atomic E-state index is 11.8. The molecule has 0 aromatic rings. The van der Waals surface area contributed by atoms with Gasteiger partial charge >= 0.3 is 0 Å². The summed E-state index contributed by atoms with van der Waals surface area (Å²) in [7, 11) is 2.16. The van der Waals surface area contributed by atoms with Crippen molar-refractivity contribution in [3.63, 3.8) is 0 Å². The Bertz CT molecular complexity index is 264.